The van der Waals surface area contributed by atoms with E-state index in [1.54, 1.807) is 0 Å². The summed E-state index contributed by atoms with van der Waals surface area (Å²) in [6.45, 7) is 5.72. The van der Waals surface area contributed by atoms with Crippen molar-refractivity contribution in [2.45, 2.75) is 52.0 Å². The van der Waals surface area contributed by atoms with E-state index < -0.39 is 6.03 Å². The third kappa shape index (κ3) is 4.55. The molecular weight excluding hydrogens is 230 g/mol. The summed E-state index contributed by atoms with van der Waals surface area (Å²) < 4.78 is 0. The quantitative estimate of drug-likeness (QED) is 0.676. The maximum Gasteiger partial charge on any atom is 0.312 e. The highest BCUT2D eigenvalue weighted by Crippen LogP contribution is 2.25. The van der Waals surface area contributed by atoms with Crippen molar-refractivity contribution in [2.24, 2.45) is 11.7 Å². The Labute approximate surface area is 109 Å². The Morgan fingerprint density at radius 2 is 2.33 bits per heavy atom. The van der Waals surface area contributed by atoms with Crippen molar-refractivity contribution in [3.05, 3.63) is 0 Å². The molecule has 18 heavy (non-hydrogen) atoms. The lowest BCUT2D eigenvalue weighted by Gasteiger charge is -2.25. The van der Waals surface area contributed by atoms with Crippen LogP contribution in [0.25, 0.3) is 0 Å². The van der Waals surface area contributed by atoms with E-state index in [9.17, 15) is 9.59 Å². The number of primary amides is 1. The van der Waals surface area contributed by atoms with Gasteiger partial charge in [0, 0.05) is 25.6 Å². The van der Waals surface area contributed by atoms with Gasteiger partial charge in [-0.15, -0.1) is 0 Å². The van der Waals surface area contributed by atoms with Gasteiger partial charge in [0.2, 0.25) is 5.91 Å². The van der Waals surface area contributed by atoms with E-state index in [-0.39, 0.29) is 11.9 Å². The largest absolute Gasteiger partial charge is 0.352 e. The van der Waals surface area contributed by atoms with Crippen molar-refractivity contribution in [1.82, 2.24) is 10.2 Å². The second-order valence-corrected chi connectivity index (χ2v) is 5.19. The first-order chi connectivity index (χ1) is 8.54. The van der Waals surface area contributed by atoms with Crippen molar-refractivity contribution in [2.75, 3.05) is 13.1 Å². The van der Waals surface area contributed by atoms with E-state index in [4.69, 9.17) is 5.73 Å². The molecule has 5 heteroatoms. The molecule has 1 aliphatic rings. The second-order valence-electron chi connectivity index (χ2n) is 5.19. The summed E-state index contributed by atoms with van der Waals surface area (Å²) in [5.74, 6) is 0.817. The molecule has 0 aromatic carbocycles. The summed E-state index contributed by atoms with van der Waals surface area (Å²) in [6, 6.07) is -0.225. The molecule has 2 atom stereocenters. The minimum atomic E-state index is -0.483. The summed E-state index contributed by atoms with van der Waals surface area (Å²) in [7, 11) is 0. The Morgan fingerprint density at radius 1 is 1.61 bits per heavy atom. The second kappa shape index (κ2) is 7.24. The molecule has 1 saturated heterocycles. The first kappa shape index (κ1) is 14.8. The monoisotopic (exact) mass is 255 g/mol. The van der Waals surface area contributed by atoms with Crippen LogP contribution in [0.1, 0.15) is 46.0 Å². The van der Waals surface area contributed by atoms with Crippen molar-refractivity contribution in [3.63, 3.8) is 0 Å². The first-order valence-electron chi connectivity index (χ1n) is 6.87. The average Bonchev–Trinajstić information content (AvgIpc) is 2.66. The van der Waals surface area contributed by atoms with E-state index in [2.05, 4.69) is 19.2 Å². The molecular formula is C13H25N3O2. The van der Waals surface area contributed by atoms with Crippen LogP contribution in [0.15, 0.2) is 0 Å². The molecule has 1 rings (SSSR count). The minimum absolute atomic E-state index is 0.258. The molecule has 0 aliphatic carbocycles. The maximum atomic E-state index is 11.9. The number of nitrogens with zero attached hydrogens (tertiary/aromatic N) is 1. The SMILES string of the molecule is CCCC1CC(=O)N(C(C)CCCNC(N)=O)C1. The fourth-order valence-electron chi connectivity index (χ4n) is 2.60. The fraction of sp³-hybridized carbons (Fsp3) is 0.846. The lowest BCUT2D eigenvalue weighted by molar-refractivity contribution is -0.129. The van der Waals surface area contributed by atoms with Gasteiger partial charge < -0.3 is 16.0 Å². The molecule has 1 fully saturated rings. The molecule has 2 unspecified atom stereocenters. The van der Waals surface area contributed by atoms with Crippen LogP contribution in [0.4, 0.5) is 4.79 Å². The van der Waals surface area contributed by atoms with Gasteiger partial charge in [-0.05, 0) is 32.1 Å². The normalized spacial score (nSPS) is 21.1. The predicted molar refractivity (Wildman–Crippen MR) is 71.0 cm³/mol. The molecule has 3 N–H and O–H groups in total. The van der Waals surface area contributed by atoms with Crippen molar-refractivity contribution < 1.29 is 9.59 Å². The number of carbonyl (C=O) groups excluding carboxylic acids is 2. The van der Waals surface area contributed by atoms with Gasteiger partial charge in [-0.25, -0.2) is 4.79 Å². The van der Waals surface area contributed by atoms with Crippen molar-refractivity contribution in [1.29, 1.82) is 0 Å². The van der Waals surface area contributed by atoms with Gasteiger partial charge in [-0.3, -0.25) is 4.79 Å². The topological polar surface area (TPSA) is 75.4 Å². The highest BCUT2D eigenvalue weighted by Gasteiger charge is 2.31. The lowest BCUT2D eigenvalue weighted by Crippen LogP contribution is -2.36. The smallest absolute Gasteiger partial charge is 0.312 e. The average molecular weight is 255 g/mol. The van der Waals surface area contributed by atoms with E-state index in [0.717, 1.165) is 32.2 Å². The Bertz CT molecular complexity index is 294. The molecule has 3 amide bonds. The Balaban J connectivity index is 2.26. The van der Waals surface area contributed by atoms with Crippen LogP contribution in [0, 0.1) is 5.92 Å². The molecule has 1 aliphatic heterocycles. The molecule has 0 spiro atoms. The molecule has 0 bridgehead atoms. The molecule has 0 saturated carbocycles. The predicted octanol–water partition coefficient (Wildman–Crippen LogP) is 1.47. The summed E-state index contributed by atoms with van der Waals surface area (Å²) >= 11 is 0. The number of carbonyl (C=O) groups is 2. The van der Waals surface area contributed by atoms with Gasteiger partial charge in [0.1, 0.15) is 0 Å². The van der Waals surface area contributed by atoms with Crippen LogP contribution in [-0.4, -0.2) is 36.0 Å². The van der Waals surface area contributed by atoms with Gasteiger partial charge in [-0.1, -0.05) is 13.3 Å². The van der Waals surface area contributed by atoms with Gasteiger partial charge in [0.15, 0.2) is 0 Å². The Kier molecular flexibility index (Phi) is 5.95. The molecule has 5 nitrogen and oxygen atoms in total. The Hall–Kier alpha value is -1.26. The van der Waals surface area contributed by atoms with E-state index in [1.165, 1.54) is 0 Å². The molecule has 0 aromatic rings. The lowest BCUT2D eigenvalue weighted by atomic mass is 10.0. The zero-order chi connectivity index (χ0) is 13.5. The molecule has 1 heterocycles. The number of nitrogens with two attached hydrogens (primary N) is 1. The van der Waals surface area contributed by atoms with Crippen LogP contribution >= 0.6 is 0 Å². The standard InChI is InChI=1S/C13H25N3O2/c1-3-5-11-8-12(17)16(9-11)10(2)6-4-7-15-13(14)18/h10-11H,3-9H2,1-2H3,(H3,14,15,18). The van der Waals surface area contributed by atoms with Crippen LogP contribution in [0.5, 0.6) is 0 Å². The van der Waals surface area contributed by atoms with Gasteiger partial charge in [0.05, 0.1) is 0 Å². The van der Waals surface area contributed by atoms with Gasteiger partial charge >= 0.3 is 6.03 Å². The summed E-state index contributed by atoms with van der Waals surface area (Å²) in [6.07, 6.45) is 4.75. The summed E-state index contributed by atoms with van der Waals surface area (Å²) in [5.41, 5.74) is 4.99. The number of nitrogens with one attached hydrogen (secondary N) is 1. The number of hydrogen-bond donors (Lipinski definition) is 2. The Morgan fingerprint density at radius 3 is 2.94 bits per heavy atom. The van der Waals surface area contributed by atoms with Crippen molar-refractivity contribution >= 4 is 11.9 Å². The van der Waals surface area contributed by atoms with Crippen LogP contribution in [0.2, 0.25) is 0 Å². The van der Waals surface area contributed by atoms with Crippen LogP contribution in [0.3, 0.4) is 0 Å². The number of hydrogen-bond acceptors (Lipinski definition) is 2. The van der Waals surface area contributed by atoms with E-state index >= 15 is 0 Å². The number of likely N-dealkylation sites (tertiary alicyclic amines) is 1. The fourth-order valence-corrected chi connectivity index (χ4v) is 2.60. The van der Waals surface area contributed by atoms with E-state index in [0.29, 0.717) is 18.9 Å². The van der Waals surface area contributed by atoms with Crippen molar-refractivity contribution in [3.8, 4) is 0 Å². The number of rotatable bonds is 7. The first-order valence-corrected chi connectivity index (χ1v) is 6.87. The van der Waals surface area contributed by atoms with E-state index in [1.807, 2.05) is 4.90 Å². The highest BCUT2D eigenvalue weighted by atomic mass is 16.2. The van der Waals surface area contributed by atoms with Gasteiger partial charge in [-0.2, -0.15) is 0 Å². The van der Waals surface area contributed by atoms with Crippen LogP contribution < -0.4 is 11.1 Å². The van der Waals surface area contributed by atoms with Crippen LogP contribution in [-0.2, 0) is 4.79 Å². The summed E-state index contributed by atoms with van der Waals surface area (Å²) in [4.78, 5) is 24.4. The number of urea groups is 1. The summed E-state index contributed by atoms with van der Waals surface area (Å²) in [5, 5.41) is 2.57. The highest BCUT2D eigenvalue weighted by molar-refractivity contribution is 5.78. The minimum Gasteiger partial charge on any atom is -0.352 e. The van der Waals surface area contributed by atoms with Gasteiger partial charge in [0.25, 0.3) is 0 Å². The molecule has 0 radical (unpaired) electrons. The third-order valence-electron chi connectivity index (χ3n) is 3.57. The third-order valence-corrected chi connectivity index (χ3v) is 3.57. The zero-order valence-corrected chi connectivity index (χ0v) is 11.4. The number of amides is 3. The maximum absolute atomic E-state index is 11.9. The molecule has 104 valence electrons. The zero-order valence-electron chi connectivity index (χ0n) is 11.4. The molecule has 0 aromatic heterocycles.